The van der Waals surface area contributed by atoms with Crippen molar-refractivity contribution in [3.8, 4) is 5.82 Å². The summed E-state index contributed by atoms with van der Waals surface area (Å²) in [5, 5.41) is 20.6. The van der Waals surface area contributed by atoms with Crippen molar-refractivity contribution in [2.45, 2.75) is 13.8 Å². The van der Waals surface area contributed by atoms with Crippen LogP contribution in [-0.4, -0.2) is 37.4 Å². The van der Waals surface area contributed by atoms with Gasteiger partial charge in [0.2, 0.25) is 11.6 Å². The summed E-state index contributed by atoms with van der Waals surface area (Å²) in [5.74, 6) is -0.267. The van der Waals surface area contributed by atoms with Crippen LogP contribution in [0.2, 0.25) is 0 Å². The lowest BCUT2D eigenvalue weighted by Crippen LogP contribution is -2.19. The van der Waals surface area contributed by atoms with E-state index in [1.807, 2.05) is 18.4 Å². The van der Waals surface area contributed by atoms with Gasteiger partial charge in [-0.1, -0.05) is 5.21 Å². The van der Waals surface area contributed by atoms with E-state index in [1.54, 1.807) is 13.1 Å². The smallest absolute Gasteiger partial charge is 0.293 e. The topological polar surface area (TPSA) is 137 Å². The third kappa shape index (κ3) is 2.81. The third-order valence-electron chi connectivity index (χ3n) is 3.06. The lowest BCUT2D eigenvalue weighted by atomic mass is 10.3. The van der Waals surface area contributed by atoms with Crippen LogP contribution in [0.15, 0.2) is 21.2 Å². The van der Waals surface area contributed by atoms with Gasteiger partial charge >= 0.3 is 0 Å². The first kappa shape index (κ1) is 14.8. The van der Waals surface area contributed by atoms with Gasteiger partial charge in [-0.3, -0.25) is 4.79 Å². The Kier molecular flexibility index (Phi) is 3.85. The van der Waals surface area contributed by atoms with Crippen LogP contribution in [0.3, 0.4) is 0 Å². The molecule has 0 radical (unpaired) electrons. The highest BCUT2D eigenvalue weighted by atomic mass is 32.1. The second-order valence-electron chi connectivity index (χ2n) is 4.58. The van der Waals surface area contributed by atoms with Gasteiger partial charge in [0, 0.05) is 4.88 Å². The van der Waals surface area contributed by atoms with Crippen LogP contribution < -0.4 is 11.2 Å². The molecule has 3 aromatic heterocycles. The molecule has 0 fully saturated rings. The SMILES string of the molecule is Cc1ccsc1/C=N/NC(=O)c1nnn(-c2nonc2N)c1C. The number of hydrogen-bond donors (Lipinski definition) is 2. The summed E-state index contributed by atoms with van der Waals surface area (Å²) in [6.45, 7) is 3.61. The number of hydrazone groups is 1. The van der Waals surface area contributed by atoms with Gasteiger partial charge in [0.1, 0.15) is 0 Å². The van der Waals surface area contributed by atoms with Crippen LogP contribution in [-0.2, 0) is 0 Å². The van der Waals surface area contributed by atoms with Crippen LogP contribution in [0.25, 0.3) is 5.82 Å². The molecule has 0 bridgehead atoms. The molecule has 10 nitrogen and oxygen atoms in total. The third-order valence-corrected chi connectivity index (χ3v) is 4.01. The molecule has 3 rings (SSSR count). The van der Waals surface area contributed by atoms with Gasteiger partial charge in [-0.05, 0) is 41.2 Å². The first-order valence-corrected chi connectivity index (χ1v) is 7.34. The molecule has 3 aromatic rings. The molecule has 0 saturated heterocycles. The molecule has 1 amide bonds. The maximum Gasteiger partial charge on any atom is 0.293 e. The second kappa shape index (κ2) is 5.96. The zero-order chi connectivity index (χ0) is 16.4. The zero-order valence-electron chi connectivity index (χ0n) is 12.2. The fraction of sp³-hybridized carbons (Fsp3) is 0.167. The number of carbonyl (C=O) groups is 1. The molecular formula is C12H12N8O2S. The number of nitrogens with zero attached hydrogens (tertiary/aromatic N) is 6. The Morgan fingerprint density at radius 1 is 1.48 bits per heavy atom. The van der Waals surface area contributed by atoms with E-state index in [-0.39, 0.29) is 17.3 Å². The van der Waals surface area contributed by atoms with Gasteiger partial charge in [-0.2, -0.15) is 9.78 Å². The second-order valence-corrected chi connectivity index (χ2v) is 5.52. The molecule has 0 aliphatic heterocycles. The first-order chi connectivity index (χ1) is 11.1. The molecule has 0 saturated carbocycles. The highest BCUT2D eigenvalue weighted by Crippen LogP contribution is 2.15. The predicted molar refractivity (Wildman–Crippen MR) is 82.5 cm³/mol. The largest absolute Gasteiger partial charge is 0.378 e. The minimum atomic E-state index is -0.491. The fourth-order valence-corrected chi connectivity index (χ4v) is 2.58. The Labute approximate surface area is 133 Å². The quantitative estimate of drug-likeness (QED) is 0.529. The molecule has 11 heteroatoms. The summed E-state index contributed by atoms with van der Waals surface area (Å²) in [6, 6.07) is 1.97. The summed E-state index contributed by atoms with van der Waals surface area (Å²) in [5.41, 5.74) is 9.63. The molecule has 3 N–H and O–H groups in total. The number of amides is 1. The van der Waals surface area contributed by atoms with E-state index in [2.05, 4.69) is 35.8 Å². The lowest BCUT2D eigenvalue weighted by molar-refractivity contribution is 0.0949. The number of anilines is 1. The Morgan fingerprint density at radius 2 is 2.30 bits per heavy atom. The zero-order valence-corrected chi connectivity index (χ0v) is 13.0. The van der Waals surface area contributed by atoms with Gasteiger partial charge in [0.05, 0.1) is 11.9 Å². The summed E-state index contributed by atoms with van der Waals surface area (Å²) in [7, 11) is 0. The lowest BCUT2D eigenvalue weighted by Gasteiger charge is -1.99. The number of aromatic nitrogens is 5. The molecule has 0 aliphatic rings. The van der Waals surface area contributed by atoms with Crippen molar-refractivity contribution in [2.75, 3.05) is 5.73 Å². The summed E-state index contributed by atoms with van der Waals surface area (Å²) in [4.78, 5) is 13.1. The minimum absolute atomic E-state index is 0.0520. The van der Waals surface area contributed by atoms with E-state index in [4.69, 9.17) is 5.73 Å². The van der Waals surface area contributed by atoms with Crippen molar-refractivity contribution < 1.29 is 9.42 Å². The number of carbonyl (C=O) groups excluding carboxylic acids is 1. The molecule has 0 aliphatic carbocycles. The molecule has 0 atom stereocenters. The van der Waals surface area contributed by atoms with Crippen molar-refractivity contribution in [2.24, 2.45) is 5.10 Å². The highest BCUT2D eigenvalue weighted by Gasteiger charge is 2.20. The number of hydrogen-bond acceptors (Lipinski definition) is 9. The van der Waals surface area contributed by atoms with E-state index in [0.717, 1.165) is 10.4 Å². The Bertz CT molecular complexity index is 877. The predicted octanol–water partition coefficient (Wildman–Crippen LogP) is 0.675. The van der Waals surface area contributed by atoms with Gasteiger partial charge in [0.25, 0.3) is 5.91 Å². The summed E-state index contributed by atoms with van der Waals surface area (Å²) in [6.07, 6.45) is 1.58. The van der Waals surface area contributed by atoms with Crippen LogP contribution in [0, 0.1) is 13.8 Å². The number of nitrogens with one attached hydrogen (secondary N) is 1. The average Bonchev–Trinajstić information content (AvgIpc) is 3.21. The number of nitrogen functional groups attached to an aromatic ring is 1. The molecule has 118 valence electrons. The summed E-state index contributed by atoms with van der Waals surface area (Å²) < 4.78 is 5.78. The maximum atomic E-state index is 12.1. The number of rotatable bonds is 4. The van der Waals surface area contributed by atoms with Crippen molar-refractivity contribution >= 4 is 29.3 Å². The summed E-state index contributed by atoms with van der Waals surface area (Å²) >= 11 is 1.53. The monoisotopic (exact) mass is 332 g/mol. The highest BCUT2D eigenvalue weighted by molar-refractivity contribution is 7.11. The molecule has 3 heterocycles. The van der Waals surface area contributed by atoms with Crippen LogP contribution in [0.4, 0.5) is 5.82 Å². The van der Waals surface area contributed by atoms with E-state index >= 15 is 0 Å². The van der Waals surface area contributed by atoms with Gasteiger partial charge in [0.15, 0.2) is 5.69 Å². The Hall–Kier alpha value is -3.08. The first-order valence-electron chi connectivity index (χ1n) is 6.46. The Balaban J connectivity index is 1.76. The molecular weight excluding hydrogens is 320 g/mol. The Morgan fingerprint density at radius 3 is 2.96 bits per heavy atom. The standard InChI is InChI=1S/C12H12N8O2S/c1-6-3-4-23-8(6)5-14-16-12(21)9-7(2)20(19-15-9)11-10(13)17-22-18-11/h3-5H,1-2H3,(H2,13,17)(H,16,21)/b14-5+. The van der Waals surface area contributed by atoms with Crippen molar-refractivity contribution in [3.05, 3.63) is 33.3 Å². The normalized spacial score (nSPS) is 11.2. The van der Waals surface area contributed by atoms with Gasteiger partial charge in [-0.15, -0.1) is 16.4 Å². The fourth-order valence-electron chi connectivity index (χ4n) is 1.80. The van der Waals surface area contributed by atoms with Crippen molar-refractivity contribution in [1.82, 2.24) is 30.7 Å². The van der Waals surface area contributed by atoms with E-state index in [9.17, 15) is 4.79 Å². The number of thiophene rings is 1. The van der Waals surface area contributed by atoms with Crippen LogP contribution in [0.1, 0.15) is 26.6 Å². The van der Waals surface area contributed by atoms with Crippen LogP contribution >= 0.6 is 11.3 Å². The van der Waals surface area contributed by atoms with E-state index in [0.29, 0.717) is 5.69 Å². The molecule has 0 aromatic carbocycles. The van der Waals surface area contributed by atoms with Gasteiger partial charge < -0.3 is 5.73 Å². The van der Waals surface area contributed by atoms with Gasteiger partial charge in [-0.25, -0.2) is 10.1 Å². The van der Waals surface area contributed by atoms with Crippen LogP contribution in [0.5, 0.6) is 0 Å². The minimum Gasteiger partial charge on any atom is -0.378 e. The number of aryl methyl sites for hydroxylation is 1. The van der Waals surface area contributed by atoms with Crippen molar-refractivity contribution in [3.63, 3.8) is 0 Å². The molecule has 0 unspecified atom stereocenters. The molecule has 0 spiro atoms. The van der Waals surface area contributed by atoms with E-state index in [1.165, 1.54) is 16.0 Å². The average molecular weight is 332 g/mol. The molecule has 23 heavy (non-hydrogen) atoms. The van der Waals surface area contributed by atoms with E-state index < -0.39 is 5.91 Å². The van der Waals surface area contributed by atoms with Crippen molar-refractivity contribution in [1.29, 1.82) is 0 Å². The maximum absolute atomic E-state index is 12.1. The number of nitrogens with two attached hydrogens (primary N) is 1.